The highest BCUT2D eigenvalue weighted by Gasteiger charge is 2.43. The summed E-state index contributed by atoms with van der Waals surface area (Å²) in [6.45, 7) is 0. The Morgan fingerprint density at radius 3 is 2.62 bits per heavy atom. The van der Waals surface area contributed by atoms with Gasteiger partial charge in [-0.1, -0.05) is 0 Å². The summed E-state index contributed by atoms with van der Waals surface area (Å²) in [6.07, 6.45) is -3.06. The van der Waals surface area contributed by atoms with Crippen molar-refractivity contribution in [1.29, 1.82) is 0 Å². The number of hydrogen-bond donors (Lipinski definition) is 2. The molecule has 2 aliphatic rings. The van der Waals surface area contributed by atoms with Crippen molar-refractivity contribution in [2.24, 2.45) is 0 Å². The van der Waals surface area contributed by atoms with Crippen molar-refractivity contribution in [1.82, 2.24) is 0 Å². The molecule has 0 saturated heterocycles. The summed E-state index contributed by atoms with van der Waals surface area (Å²) in [7, 11) is -3.95. The molecule has 0 unspecified atom stereocenters. The molecule has 0 aliphatic carbocycles. The van der Waals surface area contributed by atoms with Crippen LogP contribution < -0.4 is 19.5 Å². The van der Waals surface area contributed by atoms with E-state index in [9.17, 15) is 22.0 Å². The summed E-state index contributed by atoms with van der Waals surface area (Å²) in [5.74, 6) is -0.561. The average Bonchev–Trinajstić information content (AvgIpc) is 2.87. The van der Waals surface area contributed by atoms with E-state index >= 15 is 0 Å². The number of nitrogens with one attached hydrogen (secondary N) is 2. The second-order valence-electron chi connectivity index (χ2n) is 5.80. The molecule has 2 N–H and O–H groups in total. The van der Waals surface area contributed by atoms with E-state index in [1.807, 2.05) is 0 Å². The molecule has 7 nitrogen and oxygen atoms in total. The van der Waals surface area contributed by atoms with E-state index in [1.165, 1.54) is 30.3 Å². The number of aryl methyl sites for hydroxylation is 1. The fourth-order valence-corrected chi connectivity index (χ4v) is 3.85. The zero-order chi connectivity index (χ0) is 18.5. The molecule has 0 spiro atoms. The maximum Gasteiger partial charge on any atom is 0.586 e. The van der Waals surface area contributed by atoms with E-state index in [0.29, 0.717) is 17.7 Å². The molecule has 10 heteroatoms. The molecule has 2 aromatic rings. The van der Waals surface area contributed by atoms with Gasteiger partial charge in [0.05, 0.1) is 10.6 Å². The molecule has 4 rings (SSSR count). The molecule has 2 heterocycles. The Kier molecular flexibility index (Phi) is 3.55. The summed E-state index contributed by atoms with van der Waals surface area (Å²) >= 11 is 0. The van der Waals surface area contributed by atoms with Crippen LogP contribution in [-0.2, 0) is 21.2 Å². The molecule has 136 valence electrons. The smallest absolute Gasteiger partial charge is 0.395 e. The molecular formula is C16H12F2N2O5S. The topological polar surface area (TPSA) is 93.7 Å². The van der Waals surface area contributed by atoms with Crippen molar-refractivity contribution in [3.05, 3.63) is 42.0 Å². The van der Waals surface area contributed by atoms with E-state index < -0.39 is 16.3 Å². The third-order valence-electron chi connectivity index (χ3n) is 3.94. The minimum atomic E-state index is -3.95. The maximum absolute atomic E-state index is 13.0. The van der Waals surface area contributed by atoms with Crippen LogP contribution in [0.1, 0.15) is 12.0 Å². The zero-order valence-corrected chi connectivity index (χ0v) is 13.9. The number of carbonyl (C=O) groups is 1. The van der Waals surface area contributed by atoms with Crippen molar-refractivity contribution in [2.45, 2.75) is 24.0 Å². The summed E-state index contributed by atoms with van der Waals surface area (Å²) in [5, 5.41) is 2.67. The number of anilines is 2. The second kappa shape index (κ2) is 5.56. The Hall–Kier alpha value is -2.88. The van der Waals surface area contributed by atoms with Crippen molar-refractivity contribution in [3.8, 4) is 11.5 Å². The first-order chi connectivity index (χ1) is 12.2. The number of sulfonamides is 1. The average molecular weight is 382 g/mol. The number of rotatable bonds is 3. The van der Waals surface area contributed by atoms with Gasteiger partial charge in [-0.15, -0.1) is 8.78 Å². The van der Waals surface area contributed by atoms with Crippen molar-refractivity contribution in [2.75, 3.05) is 10.0 Å². The number of hydrogen-bond acceptors (Lipinski definition) is 5. The largest absolute Gasteiger partial charge is 0.586 e. The molecule has 0 bridgehead atoms. The van der Waals surface area contributed by atoms with Crippen LogP contribution in [0.2, 0.25) is 0 Å². The van der Waals surface area contributed by atoms with Crippen molar-refractivity contribution in [3.63, 3.8) is 0 Å². The molecule has 0 fully saturated rings. The molecule has 0 radical (unpaired) electrons. The van der Waals surface area contributed by atoms with Gasteiger partial charge in [-0.05, 0) is 42.3 Å². The van der Waals surface area contributed by atoms with Crippen molar-refractivity contribution >= 4 is 27.3 Å². The standard InChI is InChI=1S/C16H12F2N2O5S/c17-16(18)24-13-5-2-10(8-14(13)25-16)20-26(22,23)11-3-4-12-9(7-11)1-6-15(21)19-12/h2-5,7-8,20H,1,6H2,(H,19,21). The van der Waals surface area contributed by atoms with Gasteiger partial charge >= 0.3 is 6.29 Å². The lowest BCUT2D eigenvalue weighted by atomic mass is 10.0. The van der Waals surface area contributed by atoms with Gasteiger partial charge in [-0.25, -0.2) is 8.42 Å². The molecular weight excluding hydrogens is 370 g/mol. The van der Waals surface area contributed by atoms with Gasteiger partial charge in [0.2, 0.25) is 5.91 Å². The van der Waals surface area contributed by atoms with Gasteiger partial charge in [0.15, 0.2) is 11.5 Å². The van der Waals surface area contributed by atoms with Gasteiger partial charge in [0, 0.05) is 18.2 Å². The number of fused-ring (bicyclic) bond motifs is 2. The number of alkyl halides is 2. The molecule has 0 aromatic heterocycles. The molecule has 26 heavy (non-hydrogen) atoms. The Balaban J connectivity index is 1.60. The summed E-state index contributed by atoms with van der Waals surface area (Å²) in [4.78, 5) is 11.4. The van der Waals surface area contributed by atoms with Crippen LogP contribution >= 0.6 is 0 Å². The molecule has 1 amide bonds. The predicted octanol–water partition coefficient (Wildman–Crippen LogP) is 2.69. The molecule has 0 atom stereocenters. The Labute approximate surface area is 147 Å². The first kappa shape index (κ1) is 16.6. The van der Waals surface area contributed by atoms with E-state index in [4.69, 9.17) is 0 Å². The SMILES string of the molecule is O=C1CCc2cc(S(=O)(=O)Nc3ccc4c(c3)OC(F)(F)O4)ccc2N1. The zero-order valence-electron chi connectivity index (χ0n) is 13.1. The fourth-order valence-electron chi connectivity index (χ4n) is 2.75. The molecule has 2 aromatic carbocycles. The first-order valence-electron chi connectivity index (χ1n) is 7.57. The summed E-state index contributed by atoms with van der Waals surface area (Å²) in [6, 6.07) is 7.94. The third-order valence-corrected chi connectivity index (χ3v) is 5.31. The fraction of sp³-hybridized carbons (Fsp3) is 0.188. The second-order valence-corrected chi connectivity index (χ2v) is 7.48. The Bertz CT molecular complexity index is 1020. The van der Waals surface area contributed by atoms with Crippen LogP contribution in [0.25, 0.3) is 0 Å². The van der Waals surface area contributed by atoms with E-state index in [0.717, 1.165) is 6.07 Å². The van der Waals surface area contributed by atoms with Gasteiger partial charge in [0.25, 0.3) is 10.0 Å². The predicted molar refractivity (Wildman–Crippen MR) is 86.8 cm³/mol. The monoisotopic (exact) mass is 382 g/mol. The van der Waals surface area contributed by atoms with Gasteiger partial charge in [0.1, 0.15) is 0 Å². The highest BCUT2D eigenvalue weighted by Crippen LogP contribution is 2.42. The highest BCUT2D eigenvalue weighted by atomic mass is 32.2. The van der Waals surface area contributed by atoms with Gasteiger partial charge in [-0.2, -0.15) is 0 Å². The van der Waals surface area contributed by atoms with Crippen LogP contribution in [0.4, 0.5) is 20.2 Å². The van der Waals surface area contributed by atoms with Gasteiger partial charge in [-0.3, -0.25) is 9.52 Å². The Morgan fingerprint density at radius 1 is 1.04 bits per heavy atom. The van der Waals surface area contributed by atoms with Crippen molar-refractivity contribution < 1.29 is 31.5 Å². The number of amides is 1. The highest BCUT2D eigenvalue weighted by molar-refractivity contribution is 7.92. The lowest BCUT2D eigenvalue weighted by Gasteiger charge is -2.18. The van der Waals surface area contributed by atoms with E-state index in [2.05, 4.69) is 19.5 Å². The molecule has 0 saturated carbocycles. The molecule has 2 aliphatic heterocycles. The van der Waals surface area contributed by atoms with Gasteiger partial charge < -0.3 is 14.8 Å². The summed E-state index contributed by atoms with van der Waals surface area (Å²) in [5.41, 5.74) is 1.33. The number of halogens is 2. The first-order valence-corrected chi connectivity index (χ1v) is 9.06. The quantitative estimate of drug-likeness (QED) is 0.851. The van der Waals surface area contributed by atoms with Crippen LogP contribution in [0.3, 0.4) is 0 Å². The normalized spacial score (nSPS) is 17.4. The van der Waals surface area contributed by atoms with Crippen LogP contribution in [0.15, 0.2) is 41.3 Å². The van der Waals surface area contributed by atoms with E-state index in [-0.39, 0.29) is 34.4 Å². The van der Waals surface area contributed by atoms with Crippen LogP contribution in [0, 0.1) is 0 Å². The van der Waals surface area contributed by atoms with Crippen LogP contribution in [-0.4, -0.2) is 20.6 Å². The third kappa shape index (κ3) is 3.03. The van der Waals surface area contributed by atoms with E-state index in [1.54, 1.807) is 0 Å². The number of ether oxygens (including phenoxy) is 2. The lowest BCUT2D eigenvalue weighted by molar-refractivity contribution is -0.286. The van der Waals surface area contributed by atoms with Crippen LogP contribution in [0.5, 0.6) is 11.5 Å². The minimum Gasteiger partial charge on any atom is -0.395 e. The summed E-state index contributed by atoms with van der Waals surface area (Å²) < 4.78 is 62.1. The number of carbonyl (C=O) groups excluding carboxylic acids is 1. The lowest BCUT2D eigenvalue weighted by Crippen LogP contribution is -2.25. The maximum atomic E-state index is 13.0. The number of benzene rings is 2. The Morgan fingerprint density at radius 2 is 1.81 bits per heavy atom. The minimum absolute atomic E-state index is 0.00426.